The first-order valence-corrected chi connectivity index (χ1v) is 15.2. The molecule has 4 heterocycles. The minimum atomic E-state index is -0.0986. The van der Waals surface area contributed by atoms with Crippen molar-refractivity contribution >= 4 is 33.9 Å². The van der Waals surface area contributed by atoms with Crippen LogP contribution in [0.4, 0.5) is 0 Å². The molecule has 0 aliphatic heterocycles. The van der Waals surface area contributed by atoms with E-state index in [1.807, 2.05) is 12.1 Å². The first-order chi connectivity index (χ1) is 19.8. The summed E-state index contributed by atoms with van der Waals surface area (Å²) in [7, 11) is 3.28. The number of aryl methyl sites for hydroxylation is 2. The zero-order valence-corrected chi connectivity index (χ0v) is 26.4. The molecule has 4 aromatic heterocycles. The molecular formula is C34H46N6O2. The van der Waals surface area contributed by atoms with E-state index in [1.54, 1.807) is 14.1 Å². The van der Waals surface area contributed by atoms with Crippen LogP contribution < -0.4 is 10.6 Å². The molecule has 2 aliphatic rings. The lowest BCUT2D eigenvalue weighted by atomic mass is 9.71. The van der Waals surface area contributed by atoms with E-state index in [-0.39, 0.29) is 11.8 Å². The number of pyridine rings is 2. The summed E-state index contributed by atoms with van der Waals surface area (Å²) >= 11 is 0. The summed E-state index contributed by atoms with van der Waals surface area (Å²) in [4.78, 5) is 39.3. The molecular weight excluding hydrogens is 524 g/mol. The van der Waals surface area contributed by atoms with Gasteiger partial charge in [-0.1, -0.05) is 41.5 Å². The Kier molecular flexibility index (Phi) is 7.94. The van der Waals surface area contributed by atoms with E-state index in [9.17, 15) is 9.59 Å². The maximum absolute atomic E-state index is 11.7. The average Bonchev–Trinajstić information content (AvgIpc) is 3.56. The van der Waals surface area contributed by atoms with Crippen LogP contribution >= 0.6 is 0 Å². The van der Waals surface area contributed by atoms with Crippen molar-refractivity contribution in [3.63, 3.8) is 0 Å². The van der Waals surface area contributed by atoms with Gasteiger partial charge in [0.05, 0.1) is 22.1 Å². The van der Waals surface area contributed by atoms with Crippen molar-refractivity contribution in [2.45, 2.75) is 80.1 Å². The highest BCUT2D eigenvalue weighted by Gasteiger charge is 2.31. The van der Waals surface area contributed by atoms with Gasteiger partial charge in [-0.2, -0.15) is 0 Å². The Morgan fingerprint density at radius 1 is 0.690 bits per heavy atom. The molecule has 2 amide bonds. The lowest BCUT2D eigenvalue weighted by molar-refractivity contribution is 0.0951. The summed E-state index contributed by atoms with van der Waals surface area (Å²) in [6.07, 6.45) is 6.62. The van der Waals surface area contributed by atoms with Gasteiger partial charge in [0.25, 0.3) is 11.8 Å². The maximum Gasteiger partial charge on any atom is 0.267 e. The fourth-order valence-electron chi connectivity index (χ4n) is 6.41. The molecule has 0 spiro atoms. The van der Waals surface area contributed by atoms with E-state index in [2.05, 4.69) is 74.3 Å². The Morgan fingerprint density at radius 2 is 1.07 bits per heavy atom. The topological polar surface area (TPSA) is 116 Å². The van der Waals surface area contributed by atoms with Crippen molar-refractivity contribution in [1.82, 2.24) is 30.6 Å². The van der Waals surface area contributed by atoms with E-state index >= 15 is 0 Å². The van der Waals surface area contributed by atoms with E-state index in [1.165, 1.54) is 35.4 Å². The molecule has 2 aliphatic carbocycles. The molecule has 2 atom stereocenters. The number of carbonyl (C=O) groups is 2. The van der Waals surface area contributed by atoms with Crippen LogP contribution in [0.5, 0.6) is 0 Å². The van der Waals surface area contributed by atoms with Crippen LogP contribution in [0.25, 0.3) is 22.1 Å². The number of hydrogen-bond donors (Lipinski definition) is 4. The number of aromatic nitrogens is 4. The number of aromatic amines is 2. The number of amides is 2. The molecule has 4 aromatic rings. The van der Waals surface area contributed by atoms with Crippen LogP contribution in [-0.4, -0.2) is 45.8 Å². The van der Waals surface area contributed by atoms with E-state index in [0.29, 0.717) is 34.1 Å². The number of carbonyl (C=O) groups excluding carboxylic acids is 2. The molecule has 6 rings (SSSR count). The minimum Gasteiger partial charge on any atom is -0.354 e. The van der Waals surface area contributed by atoms with Gasteiger partial charge < -0.3 is 20.6 Å². The quantitative estimate of drug-likeness (QED) is 0.231. The standard InChI is InChI=1S/2C17H23N3O/c2*1-17(2,3)11-5-6-12-10(7-11)8-13-14(19-12)9-15(20-13)16(21)18-4/h2*8-9,11,20H,5-7H2,1-4H3,(H,18,21)/t2*11-/m10/s1. The number of rotatable bonds is 2. The summed E-state index contributed by atoms with van der Waals surface area (Å²) in [6.45, 7) is 13.9. The molecule has 0 bridgehead atoms. The molecule has 4 N–H and O–H groups in total. The molecule has 0 radical (unpaired) electrons. The van der Waals surface area contributed by atoms with Gasteiger partial charge in [-0.25, -0.2) is 0 Å². The fraction of sp³-hybridized carbons (Fsp3) is 0.529. The van der Waals surface area contributed by atoms with Crippen LogP contribution in [0.1, 0.15) is 97.9 Å². The van der Waals surface area contributed by atoms with E-state index < -0.39 is 0 Å². The molecule has 0 saturated heterocycles. The normalized spacial score (nSPS) is 18.6. The van der Waals surface area contributed by atoms with Crippen LogP contribution in [0.2, 0.25) is 0 Å². The molecule has 42 heavy (non-hydrogen) atoms. The van der Waals surface area contributed by atoms with Gasteiger partial charge in [0.2, 0.25) is 0 Å². The number of fused-ring (bicyclic) bond motifs is 4. The van der Waals surface area contributed by atoms with Crippen LogP contribution in [0.15, 0.2) is 24.3 Å². The summed E-state index contributed by atoms with van der Waals surface area (Å²) in [6, 6.07) is 8.04. The summed E-state index contributed by atoms with van der Waals surface area (Å²) in [5.74, 6) is 1.19. The lowest BCUT2D eigenvalue weighted by Gasteiger charge is -2.34. The molecule has 0 saturated carbocycles. The van der Waals surface area contributed by atoms with Crippen LogP contribution in [-0.2, 0) is 25.7 Å². The third kappa shape index (κ3) is 6.08. The number of hydrogen-bond acceptors (Lipinski definition) is 4. The van der Waals surface area contributed by atoms with Crippen LogP contribution in [0.3, 0.4) is 0 Å². The number of H-pyrrole nitrogens is 2. The molecule has 8 heteroatoms. The van der Waals surface area contributed by atoms with Gasteiger partial charge >= 0.3 is 0 Å². The number of nitrogens with one attached hydrogen (secondary N) is 4. The zero-order valence-electron chi connectivity index (χ0n) is 26.4. The lowest BCUT2D eigenvalue weighted by Crippen LogP contribution is -2.27. The third-order valence-corrected chi connectivity index (χ3v) is 9.33. The van der Waals surface area contributed by atoms with Gasteiger partial charge in [-0.15, -0.1) is 0 Å². The SMILES string of the molecule is CNC(=O)c1cc2nc3c(cc2[nH]1)C[C@@H](C(C)(C)C)CC3.CNC(=O)c1cc2nc3c(cc2[nH]1)C[C@H](C(C)(C)C)CC3. The second-order valence-electron chi connectivity index (χ2n) is 14.2. The van der Waals surface area contributed by atoms with Crippen molar-refractivity contribution in [1.29, 1.82) is 0 Å². The van der Waals surface area contributed by atoms with Crippen molar-refractivity contribution in [2.24, 2.45) is 22.7 Å². The Bertz CT molecular complexity index is 1510. The van der Waals surface area contributed by atoms with Gasteiger partial charge in [-0.05, 0) is 96.6 Å². The van der Waals surface area contributed by atoms with Crippen molar-refractivity contribution in [3.05, 3.63) is 58.2 Å². The Hall–Kier alpha value is -3.68. The van der Waals surface area contributed by atoms with Crippen LogP contribution in [0, 0.1) is 22.7 Å². The van der Waals surface area contributed by atoms with E-state index in [4.69, 9.17) is 9.97 Å². The highest BCUT2D eigenvalue weighted by molar-refractivity contribution is 5.97. The fourth-order valence-corrected chi connectivity index (χ4v) is 6.41. The second-order valence-corrected chi connectivity index (χ2v) is 14.2. The first kappa shape index (κ1) is 29.8. The Balaban J connectivity index is 0.000000168. The smallest absolute Gasteiger partial charge is 0.267 e. The average molecular weight is 571 g/mol. The Morgan fingerprint density at radius 3 is 1.40 bits per heavy atom. The second kappa shape index (κ2) is 11.2. The Labute approximate surface area is 248 Å². The predicted molar refractivity (Wildman–Crippen MR) is 169 cm³/mol. The largest absolute Gasteiger partial charge is 0.354 e. The van der Waals surface area contributed by atoms with Gasteiger partial charge in [0.15, 0.2) is 0 Å². The predicted octanol–water partition coefficient (Wildman–Crippen LogP) is 6.15. The van der Waals surface area contributed by atoms with Crippen molar-refractivity contribution in [3.8, 4) is 0 Å². The first-order valence-electron chi connectivity index (χ1n) is 15.2. The molecule has 0 unspecified atom stereocenters. The van der Waals surface area contributed by atoms with Gasteiger partial charge in [-0.3, -0.25) is 19.6 Å². The molecule has 8 nitrogen and oxygen atoms in total. The van der Waals surface area contributed by atoms with Gasteiger partial charge in [0, 0.05) is 25.5 Å². The summed E-state index contributed by atoms with van der Waals surface area (Å²) in [5.41, 5.74) is 10.6. The van der Waals surface area contributed by atoms with Gasteiger partial charge in [0.1, 0.15) is 11.4 Å². The minimum absolute atomic E-state index is 0.0986. The highest BCUT2D eigenvalue weighted by Crippen LogP contribution is 2.38. The summed E-state index contributed by atoms with van der Waals surface area (Å²) < 4.78 is 0. The highest BCUT2D eigenvalue weighted by atomic mass is 16.2. The molecule has 224 valence electrons. The van der Waals surface area contributed by atoms with Crippen molar-refractivity contribution < 1.29 is 9.59 Å². The molecule has 0 fully saturated rings. The van der Waals surface area contributed by atoms with Crippen molar-refractivity contribution in [2.75, 3.05) is 14.1 Å². The third-order valence-electron chi connectivity index (χ3n) is 9.33. The zero-order chi connectivity index (χ0) is 30.4. The monoisotopic (exact) mass is 570 g/mol. The summed E-state index contributed by atoms with van der Waals surface area (Å²) in [5, 5.41) is 5.28. The molecule has 0 aromatic carbocycles. The van der Waals surface area contributed by atoms with E-state index in [0.717, 1.165) is 47.8 Å². The maximum atomic E-state index is 11.7. The number of nitrogens with zero attached hydrogens (tertiary/aromatic N) is 2.